The number of hydrogen-bond donors (Lipinski definition) is 0. The molecule has 0 atom stereocenters. The first kappa shape index (κ1) is 23.6. The molecule has 0 saturated heterocycles. The van der Waals surface area contributed by atoms with E-state index in [-0.39, 0.29) is 50.7 Å². The number of nitrogens with zero attached hydrogens (tertiary/aromatic N) is 5. The number of imidazole rings is 1. The summed E-state index contributed by atoms with van der Waals surface area (Å²) in [6, 6.07) is 2.14. The maximum absolute atomic E-state index is 13.0. The highest BCUT2D eigenvalue weighted by Crippen LogP contribution is 2.33. The van der Waals surface area contributed by atoms with E-state index in [4.69, 9.17) is 0 Å². The first-order chi connectivity index (χ1) is 14.8. The van der Waals surface area contributed by atoms with Crippen molar-refractivity contribution in [3.63, 3.8) is 0 Å². The summed E-state index contributed by atoms with van der Waals surface area (Å²) in [7, 11) is -0.766. The number of anilines is 1. The van der Waals surface area contributed by atoms with Crippen LogP contribution in [0, 0.1) is 5.92 Å². The van der Waals surface area contributed by atoms with Crippen molar-refractivity contribution in [3.8, 4) is 11.5 Å². The zero-order chi connectivity index (χ0) is 24.0. The third kappa shape index (κ3) is 4.18. The van der Waals surface area contributed by atoms with Gasteiger partial charge in [0.05, 0.1) is 39.8 Å². The fraction of sp³-hybridized carbons (Fsp3) is 0.400. The van der Waals surface area contributed by atoms with Crippen LogP contribution in [0.15, 0.2) is 29.4 Å². The van der Waals surface area contributed by atoms with Gasteiger partial charge < -0.3 is 9.47 Å². The van der Waals surface area contributed by atoms with Crippen LogP contribution in [-0.2, 0) is 27.9 Å². The van der Waals surface area contributed by atoms with E-state index in [9.17, 15) is 26.4 Å². The first-order valence-electron chi connectivity index (χ1n) is 9.68. The van der Waals surface area contributed by atoms with Gasteiger partial charge in [-0.15, -0.1) is 0 Å². The lowest BCUT2D eigenvalue weighted by Crippen LogP contribution is -2.30. The number of hydrogen-bond acceptors (Lipinski definition) is 6. The maximum atomic E-state index is 13.0. The SMILES string of the molecule is CCS(=O)(=O)c1cc(N(C)C(=O)C(C)C)cnc1-c1nc2cc(C(F)(F)F)ncc2n1C. The van der Waals surface area contributed by atoms with Crippen molar-refractivity contribution in [1.82, 2.24) is 19.5 Å². The number of aromatic nitrogens is 4. The van der Waals surface area contributed by atoms with Crippen LogP contribution in [0.3, 0.4) is 0 Å². The second kappa shape index (κ2) is 8.15. The number of rotatable bonds is 5. The van der Waals surface area contributed by atoms with Crippen molar-refractivity contribution in [2.24, 2.45) is 13.0 Å². The minimum atomic E-state index is -4.64. The standard InChI is InChI=1S/C20H22F3N5O3S/c1-6-32(30,31)15-7-12(27(4)19(29)11(2)3)9-25-17(15)18-26-13-8-16(20(21,22)23)24-10-14(13)28(18)5/h7-11H,6H2,1-5H3. The molecular formula is C20H22F3N5O3S. The number of carbonyl (C=O) groups is 1. The fourth-order valence-corrected chi connectivity index (χ4v) is 4.20. The summed E-state index contributed by atoms with van der Waals surface area (Å²) in [5, 5.41) is 0. The van der Waals surface area contributed by atoms with Crippen molar-refractivity contribution < 1.29 is 26.4 Å². The molecule has 0 N–H and O–H groups in total. The molecule has 32 heavy (non-hydrogen) atoms. The van der Waals surface area contributed by atoms with Crippen LogP contribution in [0.1, 0.15) is 26.5 Å². The number of alkyl halides is 3. The molecule has 172 valence electrons. The Balaban J connectivity index is 2.24. The van der Waals surface area contributed by atoms with Crippen molar-refractivity contribution in [1.29, 1.82) is 0 Å². The van der Waals surface area contributed by atoms with E-state index < -0.39 is 21.7 Å². The van der Waals surface area contributed by atoms with Crippen LogP contribution >= 0.6 is 0 Å². The third-order valence-electron chi connectivity index (χ3n) is 5.03. The molecule has 0 aliphatic rings. The summed E-state index contributed by atoms with van der Waals surface area (Å²) >= 11 is 0. The molecule has 0 saturated carbocycles. The summed E-state index contributed by atoms with van der Waals surface area (Å²) in [5.74, 6) is -0.719. The summed E-state index contributed by atoms with van der Waals surface area (Å²) in [4.78, 5) is 25.4. The number of pyridine rings is 2. The molecule has 1 amide bonds. The average molecular weight is 469 g/mol. The van der Waals surface area contributed by atoms with Crippen LogP contribution in [0.2, 0.25) is 0 Å². The fourth-order valence-electron chi connectivity index (χ4n) is 3.15. The highest BCUT2D eigenvalue weighted by Gasteiger charge is 2.33. The molecule has 3 aromatic heterocycles. The molecule has 0 aromatic carbocycles. The molecule has 0 fully saturated rings. The van der Waals surface area contributed by atoms with Crippen LogP contribution in [0.4, 0.5) is 18.9 Å². The molecular weight excluding hydrogens is 447 g/mol. The average Bonchev–Trinajstić information content (AvgIpc) is 3.07. The molecule has 0 bridgehead atoms. The van der Waals surface area contributed by atoms with Gasteiger partial charge in [0.15, 0.2) is 15.7 Å². The maximum Gasteiger partial charge on any atom is 0.433 e. The molecule has 8 nitrogen and oxygen atoms in total. The highest BCUT2D eigenvalue weighted by atomic mass is 32.2. The zero-order valence-corrected chi connectivity index (χ0v) is 18.9. The van der Waals surface area contributed by atoms with E-state index in [1.807, 2.05) is 0 Å². The lowest BCUT2D eigenvalue weighted by molar-refractivity contribution is -0.141. The Morgan fingerprint density at radius 3 is 2.41 bits per heavy atom. The number of halogens is 3. The predicted molar refractivity (Wildman–Crippen MR) is 113 cm³/mol. The van der Waals surface area contributed by atoms with Crippen LogP contribution < -0.4 is 4.90 Å². The van der Waals surface area contributed by atoms with Gasteiger partial charge in [-0.05, 0) is 12.1 Å². The number of fused-ring (bicyclic) bond motifs is 1. The molecule has 0 unspecified atom stereocenters. The molecule has 0 radical (unpaired) electrons. The zero-order valence-electron chi connectivity index (χ0n) is 18.1. The van der Waals surface area contributed by atoms with Gasteiger partial charge in [-0.3, -0.25) is 4.79 Å². The molecule has 12 heteroatoms. The smallest absolute Gasteiger partial charge is 0.324 e. The van der Waals surface area contributed by atoms with E-state index in [0.717, 1.165) is 12.3 Å². The van der Waals surface area contributed by atoms with Crippen molar-refractivity contribution >= 4 is 32.5 Å². The second-order valence-electron chi connectivity index (χ2n) is 7.55. The minimum absolute atomic E-state index is 0.00246. The summed E-state index contributed by atoms with van der Waals surface area (Å²) in [6.45, 7) is 4.89. The van der Waals surface area contributed by atoms with E-state index in [2.05, 4.69) is 15.0 Å². The molecule has 3 aromatic rings. The normalized spacial score (nSPS) is 12.5. The molecule has 3 rings (SSSR count). The Bertz CT molecular complexity index is 1300. The number of aryl methyl sites for hydroxylation is 1. The van der Waals surface area contributed by atoms with Crippen molar-refractivity contribution in [3.05, 3.63) is 30.2 Å². The van der Waals surface area contributed by atoms with Crippen molar-refractivity contribution in [2.45, 2.75) is 31.8 Å². The Kier molecular flexibility index (Phi) is 6.02. The van der Waals surface area contributed by atoms with E-state index in [1.54, 1.807) is 13.8 Å². The van der Waals surface area contributed by atoms with Gasteiger partial charge in [0.2, 0.25) is 5.91 Å². The largest absolute Gasteiger partial charge is 0.433 e. The molecule has 0 spiro atoms. The Labute approximate surface area is 183 Å². The minimum Gasteiger partial charge on any atom is -0.324 e. The molecule has 3 heterocycles. The quantitative estimate of drug-likeness (QED) is 0.568. The first-order valence-corrected chi connectivity index (χ1v) is 11.3. The number of carbonyl (C=O) groups excluding carboxylic acids is 1. The van der Waals surface area contributed by atoms with Crippen LogP contribution in [0.25, 0.3) is 22.6 Å². The second-order valence-corrected chi connectivity index (χ2v) is 9.79. The van der Waals surface area contributed by atoms with Gasteiger partial charge in [0, 0.05) is 20.0 Å². The van der Waals surface area contributed by atoms with Gasteiger partial charge in [-0.2, -0.15) is 13.2 Å². The topological polar surface area (TPSA) is 98.1 Å². The van der Waals surface area contributed by atoms with Crippen LogP contribution in [-0.4, -0.2) is 46.6 Å². The Hall–Kier alpha value is -3.02. The van der Waals surface area contributed by atoms with Gasteiger partial charge in [0.1, 0.15) is 11.4 Å². The van der Waals surface area contributed by atoms with Gasteiger partial charge in [-0.1, -0.05) is 20.8 Å². The lowest BCUT2D eigenvalue weighted by Gasteiger charge is -2.20. The van der Waals surface area contributed by atoms with Gasteiger partial charge >= 0.3 is 6.18 Å². The lowest BCUT2D eigenvalue weighted by atomic mass is 10.2. The summed E-state index contributed by atoms with van der Waals surface area (Å²) in [6.07, 6.45) is -2.27. The number of sulfone groups is 1. The predicted octanol–water partition coefficient (Wildman–Crippen LogP) is 3.46. The Morgan fingerprint density at radius 2 is 1.84 bits per heavy atom. The monoisotopic (exact) mass is 469 g/mol. The van der Waals surface area contributed by atoms with E-state index in [1.165, 1.54) is 42.7 Å². The van der Waals surface area contributed by atoms with E-state index in [0.29, 0.717) is 0 Å². The highest BCUT2D eigenvalue weighted by molar-refractivity contribution is 7.91. The number of amides is 1. The van der Waals surface area contributed by atoms with Crippen LogP contribution in [0.5, 0.6) is 0 Å². The van der Waals surface area contributed by atoms with Gasteiger partial charge in [-0.25, -0.2) is 23.4 Å². The van der Waals surface area contributed by atoms with Crippen molar-refractivity contribution in [2.75, 3.05) is 17.7 Å². The summed E-state index contributed by atoms with van der Waals surface area (Å²) < 4.78 is 66.2. The summed E-state index contributed by atoms with van der Waals surface area (Å²) in [5.41, 5.74) is -0.561. The van der Waals surface area contributed by atoms with Gasteiger partial charge in [0.25, 0.3) is 0 Å². The molecule has 0 aliphatic heterocycles. The van der Waals surface area contributed by atoms with E-state index >= 15 is 0 Å². The molecule has 0 aliphatic carbocycles. The Morgan fingerprint density at radius 1 is 1.19 bits per heavy atom. The third-order valence-corrected chi connectivity index (χ3v) is 6.78.